The molecule has 0 saturated carbocycles. The Hall–Kier alpha value is -0.940. The number of carbonyl (C=O) groups excluding carboxylic acids is 1. The molecule has 0 aromatic heterocycles. The van der Waals surface area contributed by atoms with E-state index in [-0.39, 0.29) is 5.91 Å². The zero-order valence-corrected chi connectivity index (χ0v) is 15.2. The van der Waals surface area contributed by atoms with E-state index in [9.17, 15) is 4.79 Å². The third-order valence-corrected chi connectivity index (χ3v) is 4.50. The maximum atomic E-state index is 12.1. The molecule has 0 heterocycles. The van der Waals surface area contributed by atoms with Crippen molar-refractivity contribution in [2.75, 3.05) is 5.32 Å². The second-order valence-corrected chi connectivity index (χ2v) is 6.56. The van der Waals surface area contributed by atoms with E-state index < -0.39 is 6.10 Å². The zero-order chi connectivity index (χ0) is 16.3. The Balaban J connectivity index is 2.04. The maximum Gasteiger partial charge on any atom is 0.265 e. The summed E-state index contributed by atoms with van der Waals surface area (Å²) in [5, 5.41) is 4.15. The van der Waals surface area contributed by atoms with Gasteiger partial charge in [0.05, 0.1) is 10.0 Å². The van der Waals surface area contributed by atoms with Crippen molar-refractivity contribution in [3.63, 3.8) is 0 Å². The van der Waals surface area contributed by atoms with E-state index in [0.717, 1.165) is 0 Å². The first kappa shape index (κ1) is 17.4. The minimum absolute atomic E-state index is 0.305. The average molecular weight is 424 g/mol. The summed E-state index contributed by atoms with van der Waals surface area (Å²) in [5.41, 5.74) is 0.610. The molecule has 0 unspecified atom stereocenters. The Morgan fingerprint density at radius 2 is 1.86 bits per heavy atom. The van der Waals surface area contributed by atoms with Crippen molar-refractivity contribution in [2.45, 2.75) is 13.0 Å². The van der Waals surface area contributed by atoms with Crippen LogP contribution in [0.3, 0.4) is 0 Å². The number of rotatable bonds is 4. The van der Waals surface area contributed by atoms with Crippen LogP contribution < -0.4 is 10.1 Å². The molecule has 0 bridgehead atoms. The molecule has 2 aromatic rings. The lowest BCUT2D eigenvalue weighted by Crippen LogP contribution is -2.30. The van der Waals surface area contributed by atoms with Crippen LogP contribution in [0.5, 0.6) is 5.75 Å². The summed E-state index contributed by atoms with van der Waals surface area (Å²) in [5.74, 6) is 0.0891. The first-order valence-electron chi connectivity index (χ1n) is 6.24. The van der Waals surface area contributed by atoms with Crippen molar-refractivity contribution in [1.82, 2.24) is 0 Å². The van der Waals surface area contributed by atoms with Gasteiger partial charge in [-0.1, -0.05) is 34.8 Å². The molecular formula is C15H11BrCl3NO2. The minimum atomic E-state index is -0.729. The summed E-state index contributed by atoms with van der Waals surface area (Å²) < 4.78 is 6.24. The Bertz CT molecular complexity index is 709. The lowest BCUT2D eigenvalue weighted by Gasteiger charge is -2.16. The molecule has 2 rings (SSSR count). The molecule has 22 heavy (non-hydrogen) atoms. The molecule has 0 fully saturated rings. The van der Waals surface area contributed by atoms with E-state index in [1.165, 1.54) is 0 Å². The van der Waals surface area contributed by atoms with Crippen LogP contribution in [0.15, 0.2) is 40.9 Å². The number of nitrogens with one attached hydrogen (secondary N) is 1. The van der Waals surface area contributed by atoms with Crippen molar-refractivity contribution < 1.29 is 9.53 Å². The van der Waals surface area contributed by atoms with Crippen molar-refractivity contribution in [1.29, 1.82) is 0 Å². The summed E-state index contributed by atoms with van der Waals surface area (Å²) in [6.07, 6.45) is -0.729. The second kappa shape index (κ2) is 7.55. The lowest BCUT2D eigenvalue weighted by molar-refractivity contribution is -0.122. The summed E-state index contributed by atoms with van der Waals surface area (Å²) >= 11 is 21.0. The van der Waals surface area contributed by atoms with Crippen molar-refractivity contribution in [3.05, 3.63) is 55.9 Å². The van der Waals surface area contributed by atoms with E-state index in [1.54, 1.807) is 43.3 Å². The normalized spacial score (nSPS) is 11.9. The van der Waals surface area contributed by atoms with Crippen LogP contribution in [0.1, 0.15) is 6.92 Å². The van der Waals surface area contributed by atoms with Gasteiger partial charge in [-0.05, 0) is 59.3 Å². The standard InChI is InChI=1S/C15H11BrCl3NO2/c1-8(22-14-5-2-9(17)6-13(14)19)15(21)20-10-3-4-12(18)11(16)7-10/h2-8H,1H3,(H,20,21)/t8-/m0/s1. The zero-order valence-electron chi connectivity index (χ0n) is 11.4. The maximum absolute atomic E-state index is 12.1. The van der Waals surface area contributed by atoms with Crippen molar-refractivity contribution >= 4 is 62.3 Å². The van der Waals surface area contributed by atoms with E-state index in [2.05, 4.69) is 21.2 Å². The van der Waals surface area contributed by atoms with Crippen LogP contribution >= 0.6 is 50.7 Å². The number of anilines is 1. The van der Waals surface area contributed by atoms with Gasteiger partial charge < -0.3 is 10.1 Å². The quantitative estimate of drug-likeness (QED) is 0.673. The summed E-state index contributed by atoms with van der Waals surface area (Å²) in [6.45, 7) is 1.63. The first-order valence-corrected chi connectivity index (χ1v) is 8.17. The Labute approximate surface area is 151 Å². The Morgan fingerprint density at radius 1 is 1.14 bits per heavy atom. The van der Waals surface area contributed by atoms with Crippen LogP contribution in [0.25, 0.3) is 0 Å². The van der Waals surface area contributed by atoms with Crippen molar-refractivity contribution in [2.24, 2.45) is 0 Å². The SMILES string of the molecule is C[C@H](Oc1ccc(Cl)cc1Cl)C(=O)Nc1ccc(Cl)c(Br)c1. The molecule has 0 aliphatic carbocycles. The molecule has 0 spiro atoms. The monoisotopic (exact) mass is 421 g/mol. The molecule has 1 amide bonds. The molecule has 1 N–H and O–H groups in total. The summed E-state index contributed by atoms with van der Waals surface area (Å²) in [6, 6.07) is 9.91. The first-order chi connectivity index (χ1) is 10.4. The van der Waals surface area contributed by atoms with Gasteiger partial charge in [-0.25, -0.2) is 0 Å². The number of amides is 1. The highest BCUT2D eigenvalue weighted by Gasteiger charge is 2.16. The molecule has 3 nitrogen and oxygen atoms in total. The number of hydrogen-bond acceptors (Lipinski definition) is 2. The van der Waals surface area contributed by atoms with E-state index in [1.807, 2.05) is 0 Å². The van der Waals surface area contributed by atoms with E-state index in [0.29, 0.717) is 31.0 Å². The van der Waals surface area contributed by atoms with Gasteiger partial charge in [0.2, 0.25) is 0 Å². The van der Waals surface area contributed by atoms with Crippen LogP contribution in [0.4, 0.5) is 5.69 Å². The fraction of sp³-hybridized carbons (Fsp3) is 0.133. The van der Waals surface area contributed by atoms with Crippen LogP contribution in [0.2, 0.25) is 15.1 Å². The van der Waals surface area contributed by atoms with Gasteiger partial charge in [0.15, 0.2) is 6.10 Å². The molecule has 0 saturated heterocycles. The van der Waals surface area contributed by atoms with Gasteiger partial charge in [0, 0.05) is 15.2 Å². The van der Waals surface area contributed by atoms with Gasteiger partial charge >= 0.3 is 0 Å². The third kappa shape index (κ3) is 4.53. The number of benzene rings is 2. The van der Waals surface area contributed by atoms with Gasteiger partial charge in [-0.2, -0.15) is 0 Å². The van der Waals surface area contributed by atoms with Crippen LogP contribution in [-0.2, 0) is 4.79 Å². The highest BCUT2D eigenvalue weighted by Crippen LogP contribution is 2.29. The molecular weight excluding hydrogens is 412 g/mol. The average Bonchev–Trinajstić information content (AvgIpc) is 2.45. The molecule has 0 aliphatic rings. The molecule has 7 heteroatoms. The van der Waals surface area contributed by atoms with Crippen LogP contribution in [-0.4, -0.2) is 12.0 Å². The molecule has 116 valence electrons. The Morgan fingerprint density at radius 3 is 2.50 bits per heavy atom. The lowest BCUT2D eigenvalue weighted by atomic mass is 10.3. The van der Waals surface area contributed by atoms with E-state index >= 15 is 0 Å². The summed E-state index contributed by atoms with van der Waals surface area (Å²) in [7, 11) is 0. The predicted octanol–water partition coefficient (Wildman–Crippen LogP) is 5.82. The Kier molecular flexibility index (Phi) is 5.98. The molecule has 2 aromatic carbocycles. The fourth-order valence-corrected chi connectivity index (χ4v) is 2.58. The fourth-order valence-electron chi connectivity index (χ4n) is 1.63. The van der Waals surface area contributed by atoms with Gasteiger partial charge in [-0.3, -0.25) is 4.79 Å². The number of carbonyl (C=O) groups is 1. The highest BCUT2D eigenvalue weighted by molar-refractivity contribution is 9.10. The number of halogens is 4. The van der Waals surface area contributed by atoms with Gasteiger partial charge in [0.25, 0.3) is 5.91 Å². The third-order valence-electron chi connectivity index (χ3n) is 2.75. The topological polar surface area (TPSA) is 38.3 Å². The molecule has 1 atom stereocenters. The number of ether oxygens (including phenoxy) is 1. The predicted molar refractivity (Wildman–Crippen MR) is 94.3 cm³/mol. The van der Waals surface area contributed by atoms with Gasteiger partial charge in [-0.15, -0.1) is 0 Å². The van der Waals surface area contributed by atoms with E-state index in [4.69, 9.17) is 39.5 Å². The largest absolute Gasteiger partial charge is 0.479 e. The smallest absolute Gasteiger partial charge is 0.265 e. The summed E-state index contributed by atoms with van der Waals surface area (Å²) in [4.78, 5) is 12.1. The number of hydrogen-bond donors (Lipinski definition) is 1. The second-order valence-electron chi connectivity index (χ2n) is 4.45. The van der Waals surface area contributed by atoms with Gasteiger partial charge in [0.1, 0.15) is 5.75 Å². The molecule has 0 radical (unpaired) electrons. The minimum Gasteiger partial charge on any atom is -0.479 e. The van der Waals surface area contributed by atoms with Crippen LogP contribution in [0, 0.1) is 0 Å². The highest BCUT2D eigenvalue weighted by atomic mass is 79.9. The van der Waals surface area contributed by atoms with Crippen molar-refractivity contribution in [3.8, 4) is 5.75 Å². The molecule has 0 aliphatic heterocycles.